The van der Waals surface area contributed by atoms with Crippen molar-refractivity contribution in [2.24, 2.45) is 10.4 Å². The number of benzene rings is 1. The van der Waals surface area contributed by atoms with Gasteiger partial charge in [0.15, 0.2) is 0 Å². The highest BCUT2D eigenvalue weighted by molar-refractivity contribution is 6.07. The molecule has 21 heavy (non-hydrogen) atoms. The Hall–Kier alpha value is -1.67. The first kappa shape index (κ1) is 15.7. The van der Waals surface area contributed by atoms with Gasteiger partial charge in [-0.25, -0.2) is 4.99 Å². The van der Waals surface area contributed by atoms with Crippen LogP contribution in [0.25, 0.3) is 0 Å². The van der Waals surface area contributed by atoms with Crippen molar-refractivity contribution >= 4 is 11.4 Å². The minimum atomic E-state index is -0.630. The molecular formula is C19H25NO. The van der Waals surface area contributed by atoms with Gasteiger partial charge in [-0.2, -0.15) is 0 Å². The van der Waals surface area contributed by atoms with E-state index in [0.29, 0.717) is 0 Å². The minimum Gasteiger partial charge on any atom is -0.383 e. The van der Waals surface area contributed by atoms with Gasteiger partial charge in [0.2, 0.25) is 0 Å². The van der Waals surface area contributed by atoms with E-state index in [2.05, 4.69) is 53.7 Å². The minimum absolute atomic E-state index is 0.0439. The van der Waals surface area contributed by atoms with E-state index in [1.807, 2.05) is 18.2 Å². The summed E-state index contributed by atoms with van der Waals surface area (Å²) in [6, 6.07) is 6.15. The van der Waals surface area contributed by atoms with Crippen LogP contribution in [0.4, 0.5) is 5.69 Å². The van der Waals surface area contributed by atoms with Crippen LogP contribution in [-0.4, -0.2) is 16.9 Å². The van der Waals surface area contributed by atoms with E-state index in [-0.39, 0.29) is 5.41 Å². The second-order valence-corrected chi connectivity index (χ2v) is 6.83. The molecule has 1 aliphatic rings. The molecule has 2 heteroatoms. The third-order valence-electron chi connectivity index (χ3n) is 3.99. The van der Waals surface area contributed by atoms with Gasteiger partial charge in [-0.1, -0.05) is 45.0 Å². The number of hydrogen-bond acceptors (Lipinski definition) is 2. The van der Waals surface area contributed by atoms with Crippen molar-refractivity contribution in [3.63, 3.8) is 0 Å². The van der Waals surface area contributed by atoms with Crippen molar-refractivity contribution in [3.8, 4) is 0 Å². The number of para-hydroxylation sites is 1. The van der Waals surface area contributed by atoms with Gasteiger partial charge in [0.05, 0.1) is 11.4 Å². The van der Waals surface area contributed by atoms with E-state index >= 15 is 0 Å². The molecule has 0 amide bonds. The second kappa shape index (κ2) is 5.61. The molecule has 1 unspecified atom stereocenters. The summed E-state index contributed by atoms with van der Waals surface area (Å²) < 4.78 is 0. The quantitative estimate of drug-likeness (QED) is 0.798. The van der Waals surface area contributed by atoms with Crippen LogP contribution in [0.2, 0.25) is 0 Å². The number of aliphatic hydroxyl groups excluding tert-OH is 1. The molecule has 0 radical (unpaired) electrons. The Balaban J connectivity index is 2.59. The fourth-order valence-electron chi connectivity index (χ4n) is 2.83. The molecule has 0 aromatic heterocycles. The van der Waals surface area contributed by atoms with Crippen LogP contribution < -0.4 is 0 Å². The lowest BCUT2D eigenvalue weighted by Gasteiger charge is -2.28. The Kier molecular flexibility index (Phi) is 4.20. The predicted molar refractivity (Wildman–Crippen MR) is 90.3 cm³/mol. The van der Waals surface area contributed by atoms with Gasteiger partial charge in [-0.15, -0.1) is 0 Å². The summed E-state index contributed by atoms with van der Waals surface area (Å²) in [7, 11) is 0. The molecule has 0 spiro atoms. The van der Waals surface area contributed by atoms with E-state index < -0.39 is 6.10 Å². The average molecular weight is 283 g/mol. The lowest BCUT2D eigenvalue weighted by atomic mass is 9.79. The van der Waals surface area contributed by atoms with Crippen LogP contribution in [0, 0.1) is 19.3 Å². The molecule has 0 saturated carbocycles. The third kappa shape index (κ3) is 3.16. The topological polar surface area (TPSA) is 32.6 Å². The Bertz CT molecular complexity index is 622. The number of hydrogen-bond donors (Lipinski definition) is 1. The summed E-state index contributed by atoms with van der Waals surface area (Å²) in [5, 5.41) is 10.3. The van der Waals surface area contributed by atoms with E-state index in [0.717, 1.165) is 28.1 Å². The van der Waals surface area contributed by atoms with Gasteiger partial charge in [0.25, 0.3) is 0 Å². The molecule has 0 bridgehead atoms. The lowest BCUT2D eigenvalue weighted by molar-refractivity contribution is 0.287. The molecule has 1 aromatic carbocycles. The maximum Gasteiger partial charge on any atom is 0.115 e. The molecular weight excluding hydrogens is 258 g/mol. The summed E-state index contributed by atoms with van der Waals surface area (Å²) in [5.74, 6) is 0. The van der Waals surface area contributed by atoms with Crippen molar-refractivity contribution in [1.82, 2.24) is 0 Å². The average Bonchev–Trinajstić information content (AvgIpc) is 2.35. The van der Waals surface area contributed by atoms with E-state index in [9.17, 15) is 5.11 Å². The highest BCUT2D eigenvalue weighted by atomic mass is 16.3. The van der Waals surface area contributed by atoms with Crippen molar-refractivity contribution in [2.75, 3.05) is 0 Å². The Morgan fingerprint density at radius 1 is 1.05 bits per heavy atom. The van der Waals surface area contributed by atoms with Crippen LogP contribution in [0.15, 0.2) is 46.5 Å². The highest BCUT2D eigenvalue weighted by Crippen LogP contribution is 2.34. The summed E-state index contributed by atoms with van der Waals surface area (Å²) in [4.78, 5) is 4.80. The smallest absolute Gasteiger partial charge is 0.115 e. The number of aliphatic imine (C=N–C) groups is 1. The first-order valence-electron chi connectivity index (χ1n) is 7.44. The first-order valence-corrected chi connectivity index (χ1v) is 7.44. The van der Waals surface area contributed by atoms with Crippen LogP contribution in [0.5, 0.6) is 0 Å². The Labute approximate surface area is 127 Å². The predicted octanol–water partition coefficient (Wildman–Crippen LogP) is 4.67. The van der Waals surface area contributed by atoms with Crippen LogP contribution in [-0.2, 0) is 0 Å². The number of rotatable bonds is 1. The number of nitrogens with zero attached hydrogens (tertiary/aromatic N) is 1. The monoisotopic (exact) mass is 283 g/mol. The maximum absolute atomic E-state index is 10.3. The maximum atomic E-state index is 10.3. The normalized spacial score (nSPS) is 21.3. The zero-order chi connectivity index (χ0) is 15.8. The Morgan fingerprint density at radius 2 is 1.62 bits per heavy atom. The third-order valence-corrected chi connectivity index (χ3v) is 3.99. The van der Waals surface area contributed by atoms with Crippen molar-refractivity contribution in [3.05, 3.63) is 52.6 Å². The zero-order valence-corrected chi connectivity index (χ0v) is 13.9. The summed E-state index contributed by atoms with van der Waals surface area (Å²) in [6.45, 7) is 12.7. The van der Waals surface area contributed by atoms with Gasteiger partial charge in [0, 0.05) is 0 Å². The van der Waals surface area contributed by atoms with Gasteiger partial charge in [0.1, 0.15) is 6.10 Å². The van der Waals surface area contributed by atoms with E-state index in [4.69, 9.17) is 4.99 Å². The van der Waals surface area contributed by atoms with Crippen molar-refractivity contribution in [2.45, 2.75) is 47.6 Å². The fraction of sp³-hybridized carbons (Fsp3) is 0.421. The zero-order valence-electron chi connectivity index (χ0n) is 13.9. The second-order valence-electron chi connectivity index (χ2n) is 6.83. The van der Waals surface area contributed by atoms with Crippen molar-refractivity contribution < 1.29 is 5.11 Å². The first-order chi connectivity index (χ1) is 9.71. The van der Waals surface area contributed by atoms with Gasteiger partial charge in [-0.05, 0) is 54.5 Å². The fourth-order valence-corrected chi connectivity index (χ4v) is 2.83. The molecule has 0 fully saturated rings. The number of aryl methyl sites for hydroxylation is 2. The van der Waals surface area contributed by atoms with Crippen LogP contribution in [0.1, 0.15) is 38.8 Å². The summed E-state index contributed by atoms with van der Waals surface area (Å²) >= 11 is 0. The Morgan fingerprint density at radius 3 is 2.14 bits per heavy atom. The SMILES string of the molecule is CC1=C(C(C)(C)C)C=CC(O)C1=Nc1c(C)cccc1C. The molecule has 2 rings (SSSR count). The van der Waals surface area contributed by atoms with Gasteiger partial charge in [-0.3, -0.25) is 0 Å². The molecule has 1 atom stereocenters. The number of allylic oxidation sites excluding steroid dienone is 2. The molecule has 112 valence electrons. The lowest BCUT2D eigenvalue weighted by Crippen LogP contribution is -2.26. The highest BCUT2D eigenvalue weighted by Gasteiger charge is 2.26. The molecule has 0 heterocycles. The molecule has 1 N–H and O–H groups in total. The molecule has 0 saturated heterocycles. The molecule has 1 aliphatic carbocycles. The van der Waals surface area contributed by atoms with Crippen LogP contribution in [0.3, 0.4) is 0 Å². The summed E-state index contributed by atoms with van der Waals surface area (Å²) in [6.07, 6.45) is 3.24. The molecule has 2 nitrogen and oxygen atoms in total. The van der Waals surface area contributed by atoms with E-state index in [1.54, 1.807) is 0 Å². The largest absolute Gasteiger partial charge is 0.383 e. The molecule has 1 aromatic rings. The van der Waals surface area contributed by atoms with Crippen LogP contribution >= 0.6 is 0 Å². The van der Waals surface area contributed by atoms with Crippen molar-refractivity contribution in [1.29, 1.82) is 0 Å². The molecule has 0 aliphatic heterocycles. The standard InChI is InChI=1S/C19H25NO/c1-12-8-7-9-13(2)17(12)20-18-14(3)15(19(4,5)6)10-11-16(18)21/h7-11,16,21H,1-6H3. The summed E-state index contributed by atoms with van der Waals surface area (Å²) in [5.41, 5.74) is 6.36. The van der Waals surface area contributed by atoms with Gasteiger partial charge < -0.3 is 5.11 Å². The van der Waals surface area contributed by atoms with Gasteiger partial charge >= 0.3 is 0 Å². The number of aliphatic hydroxyl groups is 1. The van der Waals surface area contributed by atoms with E-state index in [1.165, 1.54) is 5.57 Å².